The van der Waals surface area contributed by atoms with Gasteiger partial charge in [0.25, 0.3) is 20.2 Å². The summed E-state index contributed by atoms with van der Waals surface area (Å²) in [5, 5.41) is 0. The van der Waals surface area contributed by atoms with Crippen molar-refractivity contribution in [2.45, 2.75) is 19.8 Å². The maximum Gasteiger partial charge on any atom is 0.281 e. The molecule has 14 heavy (non-hydrogen) atoms. The molecule has 0 spiro atoms. The summed E-state index contributed by atoms with van der Waals surface area (Å²) in [4.78, 5) is 0. The van der Waals surface area contributed by atoms with Gasteiger partial charge in [-0.05, 0) is 19.4 Å². The van der Waals surface area contributed by atoms with Gasteiger partial charge in [0.15, 0.2) is 0 Å². The summed E-state index contributed by atoms with van der Waals surface area (Å²) in [6.45, 7) is 1.80. The van der Waals surface area contributed by atoms with Crippen LogP contribution in [-0.2, 0) is 23.9 Å². The van der Waals surface area contributed by atoms with Gasteiger partial charge in [0.05, 0.1) is 11.5 Å². The molecule has 0 aliphatic heterocycles. The molecule has 0 unspecified atom stereocenters. The fourth-order valence-corrected chi connectivity index (χ4v) is 3.56. The fraction of sp³-hybridized carbons (Fsp3) is 1.00. The Morgan fingerprint density at radius 2 is 1.57 bits per heavy atom. The van der Waals surface area contributed by atoms with Gasteiger partial charge in [0.1, 0.15) is 0 Å². The summed E-state index contributed by atoms with van der Waals surface area (Å²) in [6.07, 6.45) is 0.499. The molecule has 0 fully saturated rings. The van der Waals surface area contributed by atoms with E-state index in [0.29, 0.717) is 6.42 Å². The Labute approximate surface area is 84.7 Å². The van der Waals surface area contributed by atoms with Crippen LogP contribution >= 0.6 is 0 Å². The molecule has 6 nitrogen and oxygen atoms in total. The predicted octanol–water partition coefficient (Wildman–Crippen LogP) is -0.579. The maximum atomic E-state index is 11.0. The molecule has 0 atom stereocenters. The smallest absolute Gasteiger partial charge is 0.281 e. The second kappa shape index (κ2) is 5.64. The highest BCUT2D eigenvalue weighted by Gasteiger charge is 2.21. The van der Waals surface area contributed by atoms with Crippen LogP contribution in [0.2, 0.25) is 0 Å². The molecule has 0 aliphatic rings. The first-order chi connectivity index (χ1) is 6.33. The van der Waals surface area contributed by atoms with Crippen molar-refractivity contribution >= 4 is 20.2 Å². The molecule has 86 valence electrons. The second-order valence-corrected chi connectivity index (χ2v) is 6.33. The minimum absolute atomic E-state index is 0.177. The Kier molecular flexibility index (Phi) is 5.57. The third-order valence-electron chi connectivity index (χ3n) is 1.26. The molecule has 0 heterocycles. The zero-order valence-electron chi connectivity index (χ0n) is 7.97. The van der Waals surface area contributed by atoms with Crippen molar-refractivity contribution in [2.75, 3.05) is 18.1 Å². The summed E-state index contributed by atoms with van der Waals surface area (Å²) >= 11 is 0. The first-order valence-corrected chi connectivity index (χ1v) is 7.35. The van der Waals surface area contributed by atoms with E-state index in [1.165, 1.54) is 0 Å². The first-order valence-electron chi connectivity index (χ1n) is 4.19. The van der Waals surface area contributed by atoms with Gasteiger partial charge < -0.3 is 5.73 Å². The van der Waals surface area contributed by atoms with Crippen LogP contribution < -0.4 is 5.73 Å². The van der Waals surface area contributed by atoms with Crippen LogP contribution in [0.5, 0.6) is 0 Å². The SMILES string of the molecule is CCCS(=O)(=O)OS(=O)(=O)CCCN. The van der Waals surface area contributed by atoms with E-state index in [4.69, 9.17) is 5.73 Å². The molecule has 0 radical (unpaired) electrons. The van der Waals surface area contributed by atoms with Crippen molar-refractivity contribution in [3.63, 3.8) is 0 Å². The van der Waals surface area contributed by atoms with E-state index in [1.54, 1.807) is 6.92 Å². The second-order valence-electron chi connectivity index (χ2n) is 2.73. The largest absolute Gasteiger partial charge is 0.330 e. The van der Waals surface area contributed by atoms with Crippen LogP contribution in [0.4, 0.5) is 0 Å². The molecule has 0 amide bonds. The van der Waals surface area contributed by atoms with Crippen LogP contribution in [0.3, 0.4) is 0 Å². The third kappa shape index (κ3) is 6.30. The Balaban J connectivity index is 4.36. The zero-order chi connectivity index (χ0) is 11.2. The lowest BCUT2D eigenvalue weighted by molar-refractivity contribution is 0.460. The average Bonchev–Trinajstić information content (AvgIpc) is 1.98. The van der Waals surface area contributed by atoms with E-state index in [-0.39, 0.29) is 24.5 Å². The minimum atomic E-state index is -3.99. The van der Waals surface area contributed by atoms with Gasteiger partial charge in [-0.15, -0.1) is 3.63 Å². The zero-order valence-corrected chi connectivity index (χ0v) is 9.60. The van der Waals surface area contributed by atoms with E-state index in [0.717, 1.165) is 0 Å². The molecule has 2 N–H and O–H groups in total. The fourth-order valence-electron chi connectivity index (χ4n) is 0.736. The van der Waals surface area contributed by atoms with Gasteiger partial charge in [0, 0.05) is 0 Å². The van der Waals surface area contributed by atoms with Crippen molar-refractivity contribution in [3.05, 3.63) is 0 Å². The van der Waals surface area contributed by atoms with Gasteiger partial charge in [-0.3, -0.25) is 0 Å². The number of hydrogen-bond donors (Lipinski definition) is 1. The van der Waals surface area contributed by atoms with Gasteiger partial charge in [0.2, 0.25) is 0 Å². The third-order valence-corrected chi connectivity index (χ3v) is 4.62. The average molecular weight is 245 g/mol. The van der Waals surface area contributed by atoms with E-state index >= 15 is 0 Å². The lowest BCUT2D eigenvalue weighted by atomic mass is 10.5. The standard InChI is InChI=1S/C6H15NO5S2/c1-2-5-13(8,9)12-14(10,11)6-3-4-7/h2-7H2,1H3. The molecule has 0 saturated carbocycles. The van der Waals surface area contributed by atoms with Crippen molar-refractivity contribution in [2.24, 2.45) is 5.73 Å². The van der Waals surface area contributed by atoms with Crippen LogP contribution in [-0.4, -0.2) is 34.9 Å². The van der Waals surface area contributed by atoms with Gasteiger partial charge in [-0.1, -0.05) is 6.92 Å². The number of rotatable bonds is 7. The molecule has 0 saturated heterocycles. The number of hydrogen-bond acceptors (Lipinski definition) is 6. The molecule has 0 aromatic heterocycles. The Morgan fingerprint density at radius 3 is 2.00 bits per heavy atom. The summed E-state index contributed by atoms with van der Waals surface area (Å²) in [5.41, 5.74) is 5.09. The Bertz CT molecular complexity index is 344. The van der Waals surface area contributed by atoms with Crippen LogP contribution in [0.25, 0.3) is 0 Å². The summed E-state index contributed by atoms with van der Waals surface area (Å²) < 4.78 is 48.1. The highest BCUT2D eigenvalue weighted by molar-refractivity contribution is 7.99. The highest BCUT2D eigenvalue weighted by Crippen LogP contribution is 2.04. The topological polar surface area (TPSA) is 104 Å². The van der Waals surface area contributed by atoms with E-state index in [9.17, 15) is 16.8 Å². The first kappa shape index (κ1) is 13.8. The summed E-state index contributed by atoms with van der Waals surface area (Å²) in [7, 11) is -7.94. The predicted molar refractivity (Wildman–Crippen MR) is 52.6 cm³/mol. The lowest BCUT2D eigenvalue weighted by Crippen LogP contribution is -2.20. The molecule has 0 bridgehead atoms. The van der Waals surface area contributed by atoms with E-state index in [2.05, 4.69) is 3.63 Å². The van der Waals surface area contributed by atoms with E-state index in [1.807, 2.05) is 0 Å². The van der Waals surface area contributed by atoms with Crippen LogP contribution in [0, 0.1) is 0 Å². The molecule has 0 aliphatic carbocycles. The summed E-state index contributed by atoms with van der Waals surface area (Å²) in [6, 6.07) is 0. The van der Waals surface area contributed by atoms with Crippen molar-refractivity contribution in [1.29, 1.82) is 0 Å². The molecule has 0 aromatic carbocycles. The van der Waals surface area contributed by atoms with Crippen molar-refractivity contribution in [1.82, 2.24) is 0 Å². The van der Waals surface area contributed by atoms with E-state index < -0.39 is 20.2 Å². The molecule has 0 rings (SSSR count). The quantitative estimate of drug-likeness (QED) is 0.643. The molecule has 0 aromatic rings. The van der Waals surface area contributed by atoms with Gasteiger partial charge in [-0.2, -0.15) is 16.8 Å². The molecular formula is C6H15NO5S2. The number of nitrogens with two attached hydrogens (primary N) is 1. The lowest BCUT2D eigenvalue weighted by Gasteiger charge is -2.03. The van der Waals surface area contributed by atoms with Gasteiger partial charge >= 0.3 is 0 Å². The molecular weight excluding hydrogens is 230 g/mol. The molecule has 8 heteroatoms. The van der Waals surface area contributed by atoms with Crippen LogP contribution in [0.15, 0.2) is 0 Å². The summed E-state index contributed by atoms with van der Waals surface area (Å²) in [5.74, 6) is -0.665. The van der Waals surface area contributed by atoms with Gasteiger partial charge in [-0.25, -0.2) is 0 Å². The van der Waals surface area contributed by atoms with Crippen LogP contribution in [0.1, 0.15) is 19.8 Å². The maximum absolute atomic E-state index is 11.0. The normalized spacial score (nSPS) is 13.0. The minimum Gasteiger partial charge on any atom is -0.330 e. The Morgan fingerprint density at radius 1 is 1.07 bits per heavy atom. The van der Waals surface area contributed by atoms with Crippen molar-refractivity contribution < 1.29 is 20.5 Å². The van der Waals surface area contributed by atoms with Crippen molar-refractivity contribution in [3.8, 4) is 0 Å². The monoisotopic (exact) mass is 245 g/mol. The highest BCUT2D eigenvalue weighted by atomic mass is 32.3. The Hall–Kier alpha value is -0.180.